The number of anilines is 1. The third-order valence-corrected chi connectivity index (χ3v) is 5.48. The molecule has 0 unspecified atom stereocenters. The average molecular weight is 321 g/mol. The largest absolute Gasteiger partial charge is 0.395 e. The predicted octanol–water partition coefficient (Wildman–Crippen LogP) is 2.59. The van der Waals surface area contributed by atoms with E-state index in [9.17, 15) is 8.42 Å². The van der Waals surface area contributed by atoms with E-state index >= 15 is 0 Å². The molecular weight excluding hydrogens is 306 g/mol. The summed E-state index contributed by atoms with van der Waals surface area (Å²) in [4.78, 5) is 0. The summed E-state index contributed by atoms with van der Waals surface area (Å²) in [6.07, 6.45) is 0.423. The second-order valence-corrected chi connectivity index (χ2v) is 7.20. The maximum Gasteiger partial charge on any atom is 0.271 e. The second kappa shape index (κ2) is 6.76. The van der Waals surface area contributed by atoms with Crippen LogP contribution in [0.1, 0.15) is 17.5 Å². The highest BCUT2D eigenvalue weighted by Gasteiger charge is 2.15. The van der Waals surface area contributed by atoms with Gasteiger partial charge in [0.25, 0.3) is 10.0 Å². The molecule has 1 heterocycles. The van der Waals surface area contributed by atoms with E-state index < -0.39 is 10.0 Å². The molecule has 0 aliphatic carbocycles. The summed E-state index contributed by atoms with van der Waals surface area (Å²) in [6, 6.07) is 8.46. The molecular formula is C15H15NO3S2. The Bertz CT molecular complexity index is 769. The summed E-state index contributed by atoms with van der Waals surface area (Å²) in [6.45, 7) is 1.90. The number of hydrogen-bond donors (Lipinski definition) is 2. The van der Waals surface area contributed by atoms with Gasteiger partial charge >= 0.3 is 0 Å². The van der Waals surface area contributed by atoms with Crippen molar-refractivity contribution in [1.29, 1.82) is 0 Å². The van der Waals surface area contributed by atoms with Crippen LogP contribution in [0.4, 0.5) is 5.69 Å². The quantitative estimate of drug-likeness (QED) is 0.851. The summed E-state index contributed by atoms with van der Waals surface area (Å²) in [7, 11) is -3.52. The van der Waals surface area contributed by atoms with Gasteiger partial charge in [-0.2, -0.15) is 0 Å². The molecule has 0 fully saturated rings. The standard InChI is InChI=1S/C15H15NO3S2/c1-12-11-14(8-7-13(12)5-2-3-9-17)16-21(18,19)15-6-4-10-20-15/h4,6-8,10-11,16-17H,3,9H2,1H3. The molecule has 0 saturated carbocycles. The number of aryl methyl sites for hydroxylation is 1. The van der Waals surface area contributed by atoms with Gasteiger partial charge in [-0.1, -0.05) is 17.9 Å². The van der Waals surface area contributed by atoms with Crippen LogP contribution in [0.3, 0.4) is 0 Å². The zero-order valence-corrected chi connectivity index (χ0v) is 13.1. The molecule has 2 rings (SSSR count). The van der Waals surface area contributed by atoms with Crippen molar-refractivity contribution in [2.24, 2.45) is 0 Å². The van der Waals surface area contributed by atoms with E-state index in [0.717, 1.165) is 11.1 Å². The van der Waals surface area contributed by atoms with Crippen LogP contribution in [0.2, 0.25) is 0 Å². The Labute approximate surface area is 128 Å². The van der Waals surface area contributed by atoms with Gasteiger partial charge in [0.2, 0.25) is 0 Å². The Morgan fingerprint density at radius 1 is 1.33 bits per heavy atom. The van der Waals surface area contributed by atoms with Gasteiger partial charge in [-0.25, -0.2) is 8.42 Å². The molecule has 6 heteroatoms. The molecule has 0 aliphatic rings. The third-order valence-electron chi connectivity index (χ3n) is 2.70. The molecule has 0 bridgehead atoms. The second-order valence-electron chi connectivity index (χ2n) is 4.34. The first kappa shape index (κ1) is 15.6. The van der Waals surface area contributed by atoms with E-state index in [1.807, 2.05) is 6.92 Å². The zero-order chi connectivity index (χ0) is 15.3. The fraction of sp³-hybridized carbons (Fsp3) is 0.200. The zero-order valence-electron chi connectivity index (χ0n) is 11.5. The smallest absolute Gasteiger partial charge is 0.271 e. The number of aliphatic hydroxyl groups is 1. The third kappa shape index (κ3) is 4.08. The number of aliphatic hydroxyl groups excluding tert-OH is 1. The maximum atomic E-state index is 12.1. The predicted molar refractivity (Wildman–Crippen MR) is 84.9 cm³/mol. The lowest BCUT2D eigenvalue weighted by molar-refractivity contribution is 0.305. The van der Waals surface area contributed by atoms with Crippen molar-refractivity contribution in [1.82, 2.24) is 0 Å². The summed E-state index contributed by atoms with van der Waals surface area (Å²) in [5, 5.41) is 10.4. The lowest BCUT2D eigenvalue weighted by atomic mass is 10.1. The minimum Gasteiger partial charge on any atom is -0.395 e. The van der Waals surface area contributed by atoms with Crippen molar-refractivity contribution in [2.75, 3.05) is 11.3 Å². The minimum absolute atomic E-state index is 0.0325. The van der Waals surface area contributed by atoms with Crippen LogP contribution >= 0.6 is 11.3 Å². The van der Waals surface area contributed by atoms with Crippen LogP contribution in [0, 0.1) is 18.8 Å². The first-order valence-corrected chi connectivity index (χ1v) is 8.66. The molecule has 110 valence electrons. The molecule has 0 saturated heterocycles. The number of hydrogen-bond acceptors (Lipinski definition) is 4. The van der Waals surface area contributed by atoms with Crippen molar-refractivity contribution in [3.63, 3.8) is 0 Å². The van der Waals surface area contributed by atoms with E-state index in [0.29, 0.717) is 12.1 Å². The van der Waals surface area contributed by atoms with Crippen LogP contribution in [-0.2, 0) is 10.0 Å². The van der Waals surface area contributed by atoms with Gasteiger partial charge in [0.1, 0.15) is 4.21 Å². The number of rotatable bonds is 4. The van der Waals surface area contributed by atoms with E-state index in [2.05, 4.69) is 16.6 Å². The highest BCUT2D eigenvalue weighted by Crippen LogP contribution is 2.21. The maximum absolute atomic E-state index is 12.1. The molecule has 1 aromatic carbocycles. The molecule has 0 aliphatic heterocycles. The summed E-state index contributed by atoms with van der Waals surface area (Å²) in [5.74, 6) is 5.79. The topological polar surface area (TPSA) is 66.4 Å². The molecule has 0 amide bonds. The van der Waals surface area contributed by atoms with Gasteiger partial charge < -0.3 is 5.11 Å². The van der Waals surface area contributed by atoms with Gasteiger partial charge in [0.15, 0.2) is 0 Å². The van der Waals surface area contributed by atoms with Gasteiger partial charge in [-0.05, 0) is 42.1 Å². The van der Waals surface area contributed by atoms with Crippen molar-refractivity contribution < 1.29 is 13.5 Å². The molecule has 0 radical (unpaired) electrons. The fourth-order valence-corrected chi connectivity index (χ4v) is 3.75. The number of sulfonamides is 1. The number of thiophene rings is 1. The highest BCUT2D eigenvalue weighted by molar-refractivity contribution is 7.94. The summed E-state index contributed by atoms with van der Waals surface area (Å²) < 4.78 is 27.1. The minimum atomic E-state index is -3.52. The monoisotopic (exact) mass is 321 g/mol. The van der Waals surface area contributed by atoms with Gasteiger partial charge in [0.05, 0.1) is 6.61 Å². The summed E-state index contributed by atoms with van der Waals surface area (Å²) in [5.41, 5.74) is 2.21. The lowest BCUT2D eigenvalue weighted by Gasteiger charge is -2.08. The SMILES string of the molecule is Cc1cc(NS(=O)(=O)c2cccs2)ccc1C#CCCO. The van der Waals surface area contributed by atoms with E-state index in [1.54, 1.807) is 35.7 Å². The van der Waals surface area contributed by atoms with E-state index in [4.69, 9.17) is 5.11 Å². The number of benzene rings is 1. The molecule has 2 aromatic rings. The Kier molecular flexibility index (Phi) is 5.02. The van der Waals surface area contributed by atoms with Crippen molar-refractivity contribution in [3.8, 4) is 11.8 Å². The Balaban J connectivity index is 2.20. The van der Waals surface area contributed by atoms with Crippen LogP contribution in [0.15, 0.2) is 39.9 Å². The van der Waals surface area contributed by atoms with Crippen LogP contribution in [-0.4, -0.2) is 20.1 Å². The van der Waals surface area contributed by atoms with Crippen LogP contribution in [0.25, 0.3) is 0 Å². The molecule has 2 N–H and O–H groups in total. The van der Waals surface area contributed by atoms with Gasteiger partial charge in [-0.15, -0.1) is 11.3 Å². The molecule has 1 aromatic heterocycles. The Morgan fingerprint density at radius 2 is 2.14 bits per heavy atom. The Hall–Kier alpha value is -1.81. The average Bonchev–Trinajstić information content (AvgIpc) is 2.96. The van der Waals surface area contributed by atoms with Crippen LogP contribution in [0.5, 0.6) is 0 Å². The highest BCUT2D eigenvalue weighted by atomic mass is 32.2. The first-order chi connectivity index (χ1) is 10.0. The van der Waals surface area contributed by atoms with Gasteiger partial charge in [0, 0.05) is 17.7 Å². The van der Waals surface area contributed by atoms with Crippen molar-refractivity contribution in [2.45, 2.75) is 17.6 Å². The summed E-state index contributed by atoms with van der Waals surface area (Å²) >= 11 is 1.17. The van der Waals surface area contributed by atoms with E-state index in [1.165, 1.54) is 11.3 Å². The lowest BCUT2D eigenvalue weighted by Crippen LogP contribution is -2.11. The van der Waals surface area contributed by atoms with E-state index in [-0.39, 0.29) is 10.8 Å². The molecule has 0 atom stereocenters. The van der Waals surface area contributed by atoms with Crippen molar-refractivity contribution >= 4 is 27.0 Å². The molecule has 0 spiro atoms. The normalized spacial score (nSPS) is 10.8. The fourth-order valence-electron chi connectivity index (χ4n) is 1.70. The number of nitrogens with one attached hydrogen (secondary N) is 1. The molecule has 21 heavy (non-hydrogen) atoms. The molecule has 4 nitrogen and oxygen atoms in total. The Morgan fingerprint density at radius 3 is 2.76 bits per heavy atom. The van der Waals surface area contributed by atoms with Gasteiger partial charge in [-0.3, -0.25) is 4.72 Å². The van der Waals surface area contributed by atoms with Crippen LogP contribution < -0.4 is 4.72 Å². The first-order valence-electron chi connectivity index (χ1n) is 6.29. The van der Waals surface area contributed by atoms with Crippen molar-refractivity contribution in [3.05, 3.63) is 46.8 Å².